The SMILES string of the molecule is C[Si](C)(C)CCOCn1c(C(=O)N2CCC=c3c(=O)n4c(n32)=NCc2ccccc2C4)cc(Br)c1Br. The van der Waals surface area contributed by atoms with E-state index >= 15 is 0 Å². The van der Waals surface area contributed by atoms with E-state index in [-0.39, 0.29) is 18.2 Å². The van der Waals surface area contributed by atoms with Gasteiger partial charge in [0.15, 0.2) is 0 Å². The van der Waals surface area contributed by atoms with Crippen LogP contribution in [0.3, 0.4) is 0 Å². The van der Waals surface area contributed by atoms with Crippen molar-refractivity contribution in [1.29, 1.82) is 0 Å². The lowest BCUT2D eigenvalue weighted by Crippen LogP contribution is -2.55. The zero-order valence-electron chi connectivity index (χ0n) is 20.6. The summed E-state index contributed by atoms with van der Waals surface area (Å²) in [4.78, 5) is 32.1. The number of rotatable bonds is 6. The van der Waals surface area contributed by atoms with Crippen LogP contribution in [0.25, 0.3) is 6.08 Å². The number of amides is 1. The molecule has 190 valence electrons. The minimum absolute atomic E-state index is 0.129. The van der Waals surface area contributed by atoms with Gasteiger partial charge < -0.3 is 9.30 Å². The largest absolute Gasteiger partial charge is 0.361 e. The van der Waals surface area contributed by atoms with Gasteiger partial charge in [-0.15, -0.1) is 0 Å². The fourth-order valence-corrected chi connectivity index (χ4v) is 6.11. The van der Waals surface area contributed by atoms with Gasteiger partial charge >= 0.3 is 0 Å². The second-order valence-electron chi connectivity index (χ2n) is 10.3. The summed E-state index contributed by atoms with van der Waals surface area (Å²) in [7, 11) is -1.22. The fourth-order valence-electron chi connectivity index (χ4n) is 4.52. The van der Waals surface area contributed by atoms with E-state index in [2.05, 4.69) is 51.5 Å². The van der Waals surface area contributed by atoms with Crippen LogP contribution in [0.2, 0.25) is 25.7 Å². The number of carbonyl (C=O) groups excluding carboxylic acids is 1. The first-order valence-corrected chi connectivity index (χ1v) is 17.3. The van der Waals surface area contributed by atoms with Crippen molar-refractivity contribution in [2.45, 2.75) is 51.9 Å². The van der Waals surface area contributed by atoms with Gasteiger partial charge in [-0.3, -0.25) is 14.2 Å². The van der Waals surface area contributed by atoms with Crippen LogP contribution in [0.15, 0.2) is 49.2 Å². The number of carbonyl (C=O) groups is 1. The van der Waals surface area contributed by atoms with Crippen molar-refractivity contribution in [2.75, 3.05) is 18.2 Å². The zero-order valence-corrected chi connectivity index (χ0v) is 24.8. The molecule has 3 aromatic rings. The van der Waals surface area contributed by atoms with E-state index in [4.69, 9.17) is 9.73 Å². The molecule has 5 rings (SSSR count). The third kappa shape index (κ3) is 4.73. The topological polar surface area (TPSA) is 73.8 Å². The highest BCUT2D eigenvalue weighted by atomic mass is 79.9. The summed E-state index contributed by atoms with van der Waals surface area (Å²) in [5, 5.41) is 2.12. The van der Waals surface area contributed by atoms with Crippen molar-refractivity contribution >= 4 is 51.9 Å². The van der Waals surface area contributed by atoms with Crippen LogP contribution in [-0.4, -0.2) is 40.9 Å². The highest BCUT2D eigenvalue weighted by Gasteiger charge is 2.29. The molecule has 2 aliphatic rings. The molecule has 1 aromatic carbocycles. The summed E-state index contributed by atoms with van der Waals surface area (Å²) < 4.78 is 12.7. The van der Waals surface area contributed by atoms with Crippen LogP contribution in [-0.2, 0) is 24.6 Å². The lowest BCUT2D eigenvalue weighted by Gasteiger charge is -2.26. The number of hydrogen-bond donors (Lipinski definition) is 0. The number of halogens is 2. The van der Waals surface area contributed by atoms with E-state index in [0.717, 1.165) is 26.2 Å². The molecule has 4 heterocycles. The summed E-state index contributed by atoms with van der Waals surface area (Å²) in [6.45, 7) is 9.18. The number of benzene rings is 1. The maximum absolute atomic E-state index is 14.0. The summed E-state index contributed by atoms with van der Waals surface area (Å²) >= 11 is 7.15. The third-order valence-corrected chi connectivity index (χ3v) is 10.2. The van der Waals surface area contributed by atoms with Crippen molar-refractivity contribution in [3.63, 3.8) is 0 Å². The number of ether oxygens (including phenoxy) is 1. The van der Waals surface area contributed by atoms with Crippen molar-refractivity contribution in [2.24, 2.45) is 4.99 Å². The van der Waals surface area contributed by atoms with Gasteiger partial charge in [0.25, 0.3) is 11.5 Å². The van der Waals surface area contributed by atoms with Crippen LogP contribution in [0.4, 0.5) is 0 Å². The van der Waals surface area contributed by atoms with E-state index in [9.17, 15) is 9.59 Å². The van der Waals surface area contributed by atoms with Crippen LogP contribution in [0, 0.1) is 0 Å². The molecule has 11 heteroatoms. The van der Waals surface area contributed by atoms with Crippen molar-refractivity contribution in [3.05, 3.63) is 77.5 Å². The molecule has 2 aliphatic heterocycles. The highest BCUT2D eigenvalue weighted by molar-refractivity contribution is 9.13. The molecule has 0 aliphatic carbocycles. The normalized spacial score (nSPS) is 14.9. The Morgan fingerprint density at radius 2 is 1.92 bits per heavy atom. The molecule has 2 aromatic heterocycles. The highest BCUT2D eigenvalue weighted by Crippen LogP contribution is 2.28. The first-order valence-electron chi connectivity index (χ1n) is 12.0. The monoisotopic (exact) mass is 633 g/mol. The Morgan fingerprint density at radius 1 is 1.17 bits per heavy atom. The van der Waals surface area contributed by atoms with Gasteiger partial charge in [-0.2, -0.15) is 0 Å². The Hall–Kier alpha value is -2.21. The van der Waals surface area contributed by atoms with Gasteiger partial charge in [-0.05, 0) is 61.5 Å². The molecule has 0 unspecified atom stereocenters. The van der Waals surface area contributed by atoms with Gasteiger partial charge in [0, 0.05) is 21.2 Å². The smallest absolute Gasteiger partial charge is 0.289 e. The van der Waals surface area contributed by atoms with E-state index in [1.165, 1.54) is 0 Å². The minimum Gasteiger partial charge on any atom is -0.361 e. The molecular formula is C25H29Br2N5O3Si. The van der Waals surface area contributed by atoms with E-state index in [0.29, 0.717) is 49.3 Å². The number of nitrogens with zero attached hydrogens (tertiary/aromatic N) is 5. The predicted octanol–water partition coefficient (Wildman–Crippen LogP) is 3.43. The Labute approximate surface area is 227 Å². The fraction of sp³-hybridized carbons (Fsp3) is 0.400. The van der Waals surface area contributed by atoms with E-state index in [1.54, 1.807) is 20.3 Å². The van der Waals surface area contributed by atoms with Gasteiger partial charge in [0.05, 0.1) is 17.6 Å². The molecule has 0 fully saturated rings. The molecule has 8 nitrogen and oxygen atoms in total. The minimum atomic E-state index is -1.22. The van der Waals surface area contributed by atoms with Crippen molar-refractivity contribution in [1.82, 2.24) is 13.8 Å². The maximum Gasteiger partial charge on any atom is 0.289 e. The molecule has 1 amide bonds. The Kier molecular flexibility index (Phi) is 7.01. The van der Waals surface area contributed by atoms with Crippen molar-refractivity contribution in [3.8, 4) is 0 Å². The number of hydrogen-bond acceptors (Lipinski definition) is 4. The second-order valence-corrected chi connectivity index (χ2v) is 17.6. The van der Waals surface area contributed by atoms with Gasteiger partial charge in [0.1, 0.15) is 22.4 Å². The Bertz CT molecular complexity index is 1520. The lowest BCUT2D eigenvalue weighted by atomic mass is 10.1. The van der Waals surface area contributed by atoms with E-state index in [1.807, 2.05) is 34.9 Å². The van der Waals surface area contributed by atoms with Crippen molar-refractivity contribution < 1.29 is 9.53 Å². The van der Waals surface area contributed by atoms with Gasteiger partial charge in [-0.1, -0.05) is 50.0 Å². The predicted molar refractivity (Wildman–Crippen MR) is 149 cm³/mol. The van der Waals surface area contributed by atoms with Crippen LogP contribution in [0.1, 0.15) is 28.0 Å². The van der Waals surface area contributed by atoms with E-state index < -0.39 is 8.07 Å². The molecule has 0 spiro atoms. The second kappa shape index (κ2) is 9.92. The molecule has 36 heavy (non-hydrogen) atoms. The summed E-state index contributed by atoms with van der Waals surface area (Å²) in [6.07, 6.45) is 2.50. The maximum atomic E-state index is 14.0. The lowest BCUT2D eigenvalue weighted by molar-refractivity contribution is 0.0781. The van der Waals surface area contributed by atoms with Gasteiger partial charge in [-0.25, -0.2) is 14.7 Å². The summed E-state index contributed by atoms with van der Waals surface area (Å²) in [5.41, 5.74) is 3.00. The zero-order chi connectivity index (χ0) is 25.6. The Morgan fingerprint density at radius 3 is 2.67 bits per heavy atom. The van der Waals surface area contributed by atoms with Crippen LogP contribution in [0.5, 0.6) is 0 Å². The average molecular weight is 635 g/mol. The number of aromatic nitrogens is 3. The molecule has 0 atom stereocenters. The molecule has 0 saturated carbocycles. The third-order valence-electron chi connectivity index (χ3n) is 6.54. The quantitative estimate of drug-likeness (QED) is 0.308. The van der Waals surface area contributed by atoms with Crippen LogP contribution >= 0.6 is 31.9 Å². The molecule has 0 N–H and O–H groups in total. The molecule has 0 radical (unpaired) electrons. The Balaban J connectivity index is 1.51. The standard InChI is InChI=1S/C25H29Br2N5O3Si/c1-36(2,3)12-11-35-16-30-21(13-19(26)22(30)27)24(34)31-10-6-9-20-23(33)29-15-18-8-5-4-7-17(18)14-28-25(29)32(20)31/h4-5,7-9,13H,6,10-12,14-16H2,1-3H3. The molecule has 0 bridgehead atoms. The first-order chi connectivity index (χ1) is 17.2. The molecule has 0 saturated heterocycles. The summed E-state index contributed by atoms with van der Waals surface area (Å²) in [6, 6.07) is 10.9. The average Bonchev–Trinajstić information content (AvgIpc) is 3.18. The van der Waals surface area contributed by atoms with Gasteiger partial charge in [0.2, 0.25) is 5.62 Å². The number of imidazole rings is 1. The van der Waals surface area contributed by atoms with Crippen LogP contribution < -0.4 is 21.5 Å². The first kappa shape index (κ1) is 25.4. The molecular weight excluding hydrogens is 606 g/mol. The number of fused-ring (bicyclic) bond motifs is 4. The summed E-state index contributed by atoms with van der Waals surface area (Å²) in [5.74, 6) is -0.208.